The highest BCUT2D eigenvalue weighted by Gasteiger charge is 2.45. The van der Waals surface area contributed by atoms with Crippen molar-refractivity contribution in [1.82, 2.24) is 10.2 Å². The standard InChI is InChI=1S/C17H19N2O3/c1-18-15(16(20)13-10-6-3-7-11-13)14(17(21)19(18)22)12-8-4-2-5-9-12/h2-11,14-17,20-21H,1H3/q-1. The van der Waals surface area contributed by atoms with Gasteiger partial charge in [0.2, 0.25) is 0 Å². The van der Waals surface area contributed by atoms with Crippen LogP contribution >= 0.6 is 0 Å². The second-order valence-electron chi connectivity index (χ2n) is 5.57. The van der Waals surface area contributed by atoms with Crippen molar-refractivity contribution in [3.8, 4) is 0 Å². The molecule has 0 aliphatic carbocycles. The minimum Gasteiger partial charge on any atom is -0.770 e. The molecule has 5 nitrogen and oxygen atoms in total. The maximum Gasteiger partial charge on any atom is 0.117 e. The molecular formula is C17H19N2O3-. The summed E-state index contributed by atoms with van der Waals surface area (Å²) in [5.41, 5.74) is 1.56. The van der Waals surface area contributed by atoms with Gasteiger partial charge in [-0.2, -0.15) is 0 Å². The number of nitrogens with zero attached hydrogens (tertiary/aromatic N) is 2. The third-order valence-electron chi connectivity index (χ3n) is 4.31. The summed E-state index contributed by atoms with van der Waals surface area (Å²) in [4.78, 5) is 0. The molecular weight excluding hydrogens is 280 g/mol. The van der Waals surface area contributed by atoms with Gasteiger partial charge in [-0.15, -0.1) is 0 Å². The molecule has 5 heteroatoms. The normalized spacial score (nSPS) is 27.9. The SMILES string of the molecule is CN1C(C(O)c2ccccc2)C(c2ccccc2)C(O)N1[O-]. The zero-order valence-corrected chi connectivity index (χ0v) is 12.3. The van der Waals surface area contributed by atoms with E-state index < -0.39 is 24.3 Å². The average Bonchev–Trinajstić information content (AvgIpc) is 2.80. The molecule has 116 valence electrons. The molecule has 3 rings (SSSR count). The van der Waals surface area contributed by atoms with E-state index in [0.29, 0.717) is 5.17 Å². The maximum absolute atomic E-state index is 12.1. The van der Waals surface area contributed by atoms with E-state index in [-0.39, 0.29) is 0 Å². The third kappa shape index (κ3) is 2.54. The van der Waals surface area contributed by atoms with E-state index in [1.54, 1.807) is 7.05 Å². The highest BCUT2D eigenvalue weighted by atomic mass is 16.6. The van der Waals surface area contributed by atoms with Gasteiger partial charge in [-0.1, -0.05) is 60.7 Å². The summed E-state index contributed by atoms with van der Waals surface area (Å²) in [6.45, 7) is 0. The first kappa shape index (κ1) is 15.1. The molecule has 4 atom stereocenters. The number of benzene rings is 2. The molecule has 2 aromatic carbocycles. The first-order chi connectivity index (χ1) is 10.6. The van der Waals surface area contributed by atoms with Gasteiger partial charge in [-0.25, -0.2) is 5.01 Å². The van der Waals surface area contributed by atoms with E-state index in [4.69, 9.17) is 0 Å². The lowest BCUT2D eigenvalue weighted by Gasteiger charge is -2.35. The second-order valence-corrected chi connectivity index (χ2v) is 5.57. The molecule has 2 aromatic rings. The third-order valence-corrected chi connectivity index (χ3v) is 4.31. The van der Waals surface area contributed by atoms with Crippen molar-refractivity contribution in [2.45, 2.75) is 24.3 Å². The lowest BCUT2D eigenvalue weighted by molar-refractivity contribution is -0.0523. The van der Waals surface area contributed by atoms with Crippen LogP contribution in [0.5, 0.6) is 0 Å². The van der Waals surface area contributed by atoms with Crippen LogP contribution in [0.2, 0.25) is 0 Å². The van der Waals surface area contributed by atoms with Crippen LogP contribution in [0.4, 0.5) is 0 Å². The summed E-state index contributed by atoms with van der Waals surface area (Å²) in [7, 11) is 1.59. The Morgan fingerprint density at radius 2 is 1.55 bits per heavy atom. The molecule has 0 aromatic heterocycles. The molecule has 2 N–H and O–H groups in total. The maximum atomic E-state index is 12.1. The molecule has 0 bridgehead atoms. The van der Waals surface area contributed by atoms with E-state index in [2.05, 4.69) is 0 Å². The van der Waals surface area contributed by atoms with Crippen molar-refractivity contribution in [1.29, 1.82) is 0 Å². The van der Waals surface area contributed by atoms with Gasteiger partial charge in [-0.3, -0.25) is 5.17 Å². The van der Waals surface area contributed by atoms with E-state index >= 15 is 0 Å². The predicted molar refractivity (Wildman–Crippen MR) is 83.3 cm³/mol. The van der Waals surface area contributed by atoms with Crippen molar-refractivity contribution in [3.63, 3.8) is 0 Å². The predicted octanol–water partition coefficient (Wildman–Crippen LogP) is 1.85. The van der Waals surface area contributed by atoms with Gasteiger partial charge in [-0.05, 0) is 11.1 Å². The number of hydrogen-bond acceptors (Lipinski definition) is 5. The molecule has 1 aliphatic heterocycles. The fourth-order valence-corrected chi connectivity index (χ4v) is 3.16. The molecule has 22 heavy (non-hydrogen) atoms. The summed E-state index contributed by atoms with van der Waals surface area (Å²) in [6.07, 6.45) is -2.08. The van der Waals surface area contributed by atoms with Crippen molar-refractivity contribution in [3.05, 3.63) is 77.0 Å². The molecule has 0 saturated carbocycles. The molecule has 4 unspecified atom stereocenters. The highest BCUT2D eigenvalue weighted by Crippen LogP contribution is 2.41. The summed E-state index contributed by atoms with van der Waals surface area (Å²) < 4.78 is 0. The van der Waals surface area contributed by atoms with E-state index in [1.807, 2.05) is 60.7 Å². The quantitative estimate of drug-likeness (QED) is 0.905. The number of likely N-dealkylation sites (N-methyl/N-ethyl adjacent to an activating group) is 1. The van der Waals surface area contributed by atoms with Crippen molar-refractivity contribution in [2.24, 2.45) is 0 Å². The lowest BCUT2D eigenvalue weighted by Crippen LogP contribution is -2.39. The summed E-state index contributed by atoms with van der Waals surface area (Å²) in [5.74, 6) is -0.487. The Hall–Kier alpha value is -1.76. The van der Waals surface area contributed by atoms with Crippen LogP contribution in [0.3, 0.4) is 0 Å². The summed E-state index contributed by atoms with van der Waals surface area (Å²) in [5, 5.41) is 35.1. The Labute approximate surface area is 129 Å². The minimum absolute atomic E-state index is 0.487. The average molecular weight is 299 g/mol. The molecule has 0 spiro atoms. The second kappa shape index (κ2) is 6.16. The largest absolute Gasteiger partial charge is 0.770 e. The Morgan fingerprint density at radius 3 is 2.14 bits per heavy atom. The zero-order valence-electron chi connectivity index (χ0n) is 12.3. The Bertz CT molecular complexity index is 608. The Balaban J connectivity index is 1.99. The molecule has 1 aliphatic rings. The summed E-state index contributed by atoms with van der Waals surface area (Å²) in [6, 6.07) is 18.0. The van der Waals surface area contributed by atoms with Crippen LogP contribution in [0.15, 0.2) is 60.7 Å². The monoisotopic (exact) mass is 299 g/mol. The minimum atomic E-state index is -1.21. The van der Waals surface area contributed by atoms with Crippen LogP contribution in [-0.2, 0) is 0 Å². The zero-order chi connectivity index (χ0) is 15.7. The topological polar surface area (TPSA) is 70.0 Å². The smallest absolute Gasteiger partial charge is 0.117 e. The van der Waals surface area contributed by atoms with Gasteiger partial charge in [0.25, 0.3) is 0 Å². The van der Waals surface area contributed by atoms with Crippen molar-refractivity contribution < 1.29 is 10.2 Å². The molecule has 1 heterocycles. The first-order valence-electron chi connectivity index (χ1n) is 7.26. The molecule has 1 saturated heterocycles. The number of hydroxylamine groups is 1. The van der Waals surface area contributed by atoms with Gasteiger partial charge >= 0.3 is 0 Å². The number of hydrogen-bond donors (Lipinski definition) is 2. The molecule has 0 amide bonds. The summed E-state index contributed by atoms with van der Waals surface area (Å²) >= 11 is 0. The van der Waals surface area contributed by atoms with Crippen molar-refractivity contribution >= 4 is 0 Å². The molecule has 1 fully saturated rings. The van der Waals surface area contributed by atoms with E-state index in [0.717, 1.165) is 11.1 Å². The first-order valence-corrected chi connectivity index (χ1v) is 7.26. The highest BCUT2D eigenvalue weighted by molar-refractivity contribution is 5.28. The number of aliphatic hydroxyl groups excluding tert-OH is 2. The van der Waals surface area contributed by atoms with Crippen LogP contribution in [0.1, 0.15) is 23.1 Å². The van der Waals surface area contributed by atoms with Gasteiger partial charge in [0.05, 0.1) is 12.1 Å². The van der Waals surface area contributed by atoms with Crippen LogP contribution in [0.25, 0.3) is 0 Å². The van der Waals surface area contributed by atoms with Gasteiger partial charge < -0.3 is 15.4 Å². The van der Waals surface area contributed by atoms with Crippen molar-refractivity contribution in [2.75, 3.05) is 7.05 Å². The van der Waals surface area contributed by atoms with E-state index in [1.165, 1.54) is 5.01 Å². The fourth-order valence-electron chi connectivity index (χ4n) is 3.16. The van der Waals surface area contributed by atoms with E-state index in [9.17, 15) is 15.4 Å². The number of hydrazine groups is 1. The van der Waals surface area contributed by atoms with Crippen LogP contribution < -0.4 is 0 Å². The van der Waals surface area contributed by atoms with Gasteiger partial charge in [0, 0.05) is 13.0 Å². The molecule has 0 radical (unpaired) electrons. The lowest BCUT2D eigenvalue weighted by atomic mass is 9.86. The Kier molecular flexibility index (Phi) is 4.24. The fraction of sp³-hybridized carbons (Fsp3) is 0.294. The Morgan fingerprint density at radius 1 is 1.00 bits per heavy atom. The van der Waals surface area contributed by atoms with Crippen LogP contribution in [-0.4, -0.2) is 39.7 Å². The number of rotatable bonds is 3. The number of aliphatic hydroxyl groups is 2. The van der Waals surface area contributed by atoms with Crippen LogP contribution in [0, 0.1) is 5.21 Å². The van der Waals surface area contributed by atoms with Gasteiger partial charge in [0.15, 0.2) is 0 Å². The van der Waals surface area contributed by atoms with Gasteiger partial charge in [0.1, 0.15) is 6.23 Å².